The summed E-state index contributed by atoms with van der Waals surface area (Å²) < 4.78 is 0. The molecule has 0 aliphatic carbocycles. The zero-order valence-electron chi connectivity index (χ0n) is 8.62. The van der Waals surface area contributed by atoms with Crippen LogP contribution < -0.4 is 0 Å². The Hall–Kier alpha value is -1.37. The lowest BCUT2D eigenvalue weighted by Crippen LogP contribution is -1.93. The lowest BCUT2D eigenvalue weighted by atomic mass is 10.00. The number of aromatic nitrogens is 1. The van der Waals surface area contributed by atoms with Gasteiger partial charge in [0.05, 0.1) is 5.52 Å². The highest BCUT2D eigenvalue weighted by atomic mass is 14.6. The van der Waals surface area contributed by atoms with Crippen molar-refractivity contribution >= 4 is 10.9 Å². The molecule has 0 atom stereocenters. The van der Waals surface area contributed by atoms with Crippen molar-refractivity contribution in [2.75, 3.05) is 0 Å². The molecule has 0 aliphatic heterocycles. The minimum Gasteiger partial charge on any atom is -0.256 e. The molecule has 1 radical (unpaired) electrons. The van der Waals surface area contributed by atoms with Crippen molar-refractivity contribution in [3.05, 3.63) is 48.0 Å². The van der Waals surface area contributed by atoms with E-state index in [1.807, 2.05) is 12.3 Å². The first kappa shape index (κ1) is 9.20. The summed E-state index contributed by atoms with van der Waals surface area (Å²) >= 11 is 0. The van der Waals surface area contributed by atoms with Crippen LogP contribution in [0.5, 0.6) is 0 Å². The van der Waals surface area contributed by atoms with E-state index in [-0.39, 0.29) is 0 Å². The number of fused-ring (bicyclic) bond motifs is 1. The van der Waals surface area contributed by atoms with Gasteiger partial charge in [-0.3, -0.25) is 4.98 Å². The van der Waals surface area contributed by atoms with Gasteiger partial charge in [0.2, 0.25) is 0 Å². The molecule has 0 bridgehead atoms. The Bertz CT molecular complexity index is 427. The molecule has 0 amide bonds. The van der Waals surface area contributed by atoms with Gasteiger partial charge in [0.25, 0.3) is 0 Å². The number of pyridine rings is 1. The third-order valence-corrected chi connectivity index (χ3v) is 2.28. The molecule has 2 aromatic rings. The van der Waals surface area contributed by atoms with E-state index in [1.54, 1.807) is 0 Å². The van der Waals surface area contributed by atoms with Gasteiger partial charge in [0.1, 0.15) is 0 Å². The third kappa shape index (κ3) is 1.77. The zero-order chi connectivity index (χ0) is 9.97. The second kappa shape index (κ2) is 3.79. The van der Waals surface area contributed by atoms with E-state index in [4.69, 9.17) is 0 Å². The summed E-state index contributed by atoms with van der Waals surface area (Å²) in [5.41, 5.74) is 2.46. The van der Waals surface area contributed by atoms with Crippen LogP contribution in [0, 0.1) is 5.92 Å². The molecule has 1 heteroatoms. The molecule has 0 aliphatic rings. The maximum Gasteiger partial charge on any atom is 0.0704 e. The number of hydrogen-bond acceptors (Lipinski definition) is 1. The molecule has 0 N–H and O–H groups in total. The fourth-order valence-electron chi connectivity index (χ4n) is 1.69. The Kier molecular flexibility index (Phi) is 2.49. The van der Waals surface area contributed by atoms with E-state index in [0.717, 1.165) is 11.9 Å². The molecule has 0 unspecified atom stereocenters. The first-order valence-electron chi connectivity index (χ1n) is 4.89. The van der Waals surface area contributed by atoms with E-state index in [0.29, 0.717) is 0 Å². The first-order valence-corrected chi connectivity index (χ1v) is 4.89. The predicted molar refractivity (Wildman–Crippen MR) is 60.0 cm³/mol. The van der Waals surface area contributed by atoms with E-state index >= 15 is 0 Å². The Morgan fingerprint density at radius 1 is 1.14 bits per heavy atom. The maximum absolute atomic E-state index is 4.34. The summed E-state index contributed by atoms with van der Waals surface area (Å²) in [6, 6.07) is 10.4. The smallest absolute Gasteiger partial charge is 0.0704 e. The van der Waals surface area contributed by atoms with E-state index in [1.165, 1.54) is 16.9 Å². The third-order valence-electron chi connectivity index (χ3n) is 2.28. The van der Waals surface area contributed by atoms with Gasteiger partial charge in [-0.1, -0.05) is 32.0 Å². The second-order valence-electron chi connectivity index (χ2n) is 3.87. The SMILES string of the molecule is C[C](C)Cc1ccnc2ccccc12. The number of para-hydroxylation sites is 1. The van der Waals surface area contributed by atoms with Crippen molar-refractivity contribution in [1.29, 1.82) is 0 Å². The van der Waals surface area contributed by atoms with Crippen LogP contribution >= 0.6 is 0 Å². The molecule has 1 aromatic heterocycles. The minimum absolute atomic E-state index is 1.04. The van der Waals surface area contributed by atoms with Gasteiger partial charge in [-0.15, -0.1) is 0 Å². The topological polar surface area (TPSA) is 12.9 Å². The molecule has 0 saturated heterocycles. The van der Waals surface area contributed by atoms with Crippen LogP contribution in [0.1, 0.15) is 19.4 Å². The monoisotopic (exact) mass is 184 g/mol. The van der Waals surface area contributed by atoms with Crippen molar-refractivity contribution < 1.29 is 0 Å². The van der Waals surface area contributed by atoms with Crippen LogP contribution in [0.2, 0.25) is 0 Å². The van der Waals surface area contributed by atoms with E-state index in [2.05, 4.69) is 43.1 Å². The predicted octanol–water partition coefficient (Wildman–Crippen LogP) is 3.39. The minimum atomic E-state index is 1.04. The van der Waals surface area contributed by atoms with Crippen LogP contribution in [0.3, 0.4) is 0 Å². The molecule has 0 fully saturated rings. The average Bonchev–Trinajstić information content (AvgIpc) is 2.18. The van der Waals surface area contributed by atoms with Gasteiger partial charge in [-0.05, 0) is 30.0 Å². The number of rotatable bonds is 2. The van der Waals surface area contributed by atoms with E-state index < -0.39 is 0 Å². The molecule has 0 saturated carbocycles. The molecule has 1 nitrogen and oxygen atoms in total. The zero-order valence-corrected chi connectivity index (χ0v) is 8.62. The standard InChI is InChI=1S/C13H14N/c1-10(2)9-11-7-8-14-13-6-4-3-5-12(11)13/h3-8H,9H2,1-2H3. The summed E-state index contributed by atoms with van der Waals surface area (Å²) in [6.07, 6.45) is 2.93. The van der Waals surface area contributed by atoms with Gasteiger partial charge in [-0.25, -0.2) is 0 Å². The van der Waals surface area contributed by atoms with Gasteiger partial charge < -0.3 is 0 Å². The number of hydrogen-bond donors (Lipinski definition) is 0. The highest BCUT2D eigenvalue weighted by Crippen LogP contribution is 2.19. The Morgan fingerprint density at radius 3 is 2.71 bits per heavy atom. The van der Waals surface area contributed by atoms with Gasteiger partial charge in [0.15, 0.2) is 0 Å². The number of benzene rings is 1. The number of nitrogens with zero attached hydrogens (tertiary/aromatic N) is 1. The van der Waals surface area contributed by atoms with Crippen molar-refractivity contribution in [1.82, 2.24) is 4.98 Å². The Labute approximate surface area is 84.8 Å². The van der Waals surface area contributed by atoms with Crippen molar-refractivity contribution in [2.45, 2.75) is 20.3 Å². The lowest BCUT2D eigenvalue weighted by molar-refractivity contribution is 0.962. The van der Waals surface area contributed by atoms with Crippen LogP contribution in [-0.2, 0) is 6.42 Å². The summed E-state index contributed by atoms with van der Waals surface area (Å²) in [5, 5.41) is 1.27. The first-order chi connectivity index (χ1) is 6.77. The maximum atomic E-state index is 4.34. The summed E-state index contributed by atoms with van der Waals surface area (Å²) in [5.74, 6) is 1.43. The molecular formula is C13H14N. The highest BCUT2D eigenvalue weighted by Gasteiger charge is 2.02. The molecule has 71 valence electrons. The highest BCUT2D eigenvalue weighted by molar-refractivity contribution is 5.81. The fourth-order valence-corrected chi connectivity index (χ4v) is 1.69. The molecule has 14 heavy (non-hydrogen) atoms. The molecule has 0 spiro atoms. The van der Waals surface area contributed by atoms with Gasteiger partial charge >= 0.3 is 0 Å². The van der Waals surface area contributed by atoms with Gasteiger partial charge in [0, 0.05) is 11.6 Å². The molecule has 1 heterocycles. The van der Waals surface area contributed by atoms with Crippen molar-refractivity contribution in [2.24, 2.45) is 0 Å². The normalized spacial score (nSPS) is 11.1. The molecular weight excluding hydrogens is 170 g/mol. The van der Waals surface area contributed by atoms with E-state index in [9.17, 15) is 0 Å². The Morgan fingerprint density at radius 2 is 1.93 bits per heavy atom. The van der Waals surface area contributed by atoms with Gasteiger partial charge in [-0.2, -0.15) is 0 Å². The summed E-state index contributed by atoms with van der Waals surface area (Å²) in [6.45, 7) is 4.32. The molecule has 2 rings (SSSR count). The van der Waals surface area contributed by atoms with Crippen molar-refractivity contribution in [3.8, 4) is 0 Å². The van der Waals surface area contributed by atoms with Crippen LogP contribution in [0.15, 0.2) is 36.5 Å². The average molecular weight is 184 g/mol. The molecule has 1 aromatic carbocycles. The summed E-state index contributed by atoms with van der Waals surface area (Å²) in [7, 11) is 0. The second-order valence-corrected chi connectivity index (χ2v) is 3.87. The largest absolute Gasteiger partial charge is 0.256 e. The lowest BCUT2D eigenvalue weighted by Gasteiger charge is -2.07. The summed E-state index contributed by atoms with van der Waals surface area (Å²) in [4.78, 5) is 4.34. The van der Waals surface area contributed by atoms with Crippen LogP contribution in [0.4, 0.5) is 0 Å². The van der Waals surface area contributed by atoms with Crippen LogP contribution in [-0.4, -0.2) is 4.98 Å². The van der Waals surface area contributed by atoms with Crippen LogP contribution in [0.25, 0.3) is 10.9 Å². The quantitative estimate of drug-likeness (QED) is 0.697. The Balaban J connectivity index is 2.53. The fraction of sp³-hybridized carbons (Fsp3) is 0.231. The van der Waals surface area contributed by atoms with Crippen molar-refractivity contribution in [3.63, 3.8) is 0 Å².